The molecular weight excluding hydrogens is 388 g/mol. The quantitative estimate of drug-likeness (QED) is 0.795. The average Bonchev–Trinajstić information content (AvgIpc) is 3.23. The SMILES string of the molecule is Cc1nc(NC(=O)CN(CC2CCCO2)C(=O)c2ccc(F)cc2F)sc1C. The summed E-state index contributed by atoms with van der Waals surface area (Å²) < 4.78 is 32.8. The fraction of sp³-hybridized carbons (Fsp3) is 0.421. The molecule has 1 aliphatic rings. The standard InChI is InChI=1S/C19H21F2N3O3S/c1-11-12(2)28-19(22-11)23-17(25)10-24(9-14-4-3-7-27-14)18(26)15-6-5-13(20)8-16(15)21/h5-6,8,14H,3-4,7,9-10H2,1-2H3,(H,22,23,25). The van der Waals surface area contributed by atoms with Crippen LogP contribution < -0.4 is 5.32 Å². The van der Waals surface area contributed by atoms with E-state index in [-0.39, 0.29) is 24.8 Å². The van der Waals surface area contributed by atoms with E-state index in [9.17, 15) is 18.4 Å². The van der Waals surface area contributed by atoms with Gasteiger partial charge in [0, 0.05) is 24.1 Å². The van der Waals surface area contributed by atoms with Crippen molar-refractivity contribution >= 4 is 28.3 Å². The molecule has 1 unspecified atom stereocenters. The Bertz CT molecular complexity index is 862. The zero-order valence-corrected chi connectivity index (χ0v) is 16.4. The molecule has 1 N–H and O–H groups in total. The Morgan fingerprint density at radius 3 is 2.75 bits per heavy atom. The molecule has 1 atom stereocenters. The fourth-order valence-corrected chi connectivity index (χ4v) is 3.78. The third kappa shape index (κ3) is 4.90. The van der Waals surface area contributed by atoms with Gasteiger partial charge in [-0.15, -0.1) is 11.3 Å². The van der Waals surface area contributed by atoms with Gasteiger partial charge in [-0.1, -0.05) is 0 Å². The minimum atomic E-state index is -0.964. The number of hydrogen-bond donors (Lipinski definition) is 1. The molecule has 1 aliphatic heterocycles. The van der Waals surface area contributed by atoms with Crippen LogP contribution in [-0.2, 0) is 9.53 Å². The Morgan fingerprint density at radius 1 is 1.36 bits per heavy atom. The molecule has 2 amide bonds. The van der Waals surface area contributed by atoms with Gasteiger partial charge >= 0.3 is 0 Å². The first-order chi connectivity index (χ1) is 13.3. The number of carbonyl (C=O) groups is 2. The van der Waals surface area contributed by atoms with E-state index in [1.807, 2.05) is 13.8 Å². The van der Waals surface area contributed by atoms with E-state index in [0.717, 1.165) is 35.5 Å². The van der Waals surface area contributed by atoms with Crippen molar-refractivity contribution in [3.05, 3.63) is 46.0 Å². The highest BCUT2D eigenvalue weighted by atomic mass is 32.1. The number of aromatic nitrogens is 1. The van der Waals surface area contributed by atoms with E-state index >= 15 is 0 Å². The lowest BCUT2D eigenvalue weighted by atomic mass is 10.1. The Morgan fingerprint density at radius 2 is 2.14 bits per heavy atom. The van der Waals surface area contributed by atoms with Gasteiger partial charge in [-0.2, -0.15) is 0 Å². The maximum atomic E-state index is 14.1. The topological polar surface area (TPSA) is 71.5 Å². The van der Waals surface area contributed by atoms with Crippen LogP contribution in [0.25, 0.3) is 0 Å². The number of benzene rings is 1. The molecule has 2 aromatic rings. The van der Waals surface area contributed by atoms with E-state index < -0.39 is 23.4 Å². The van der Waals surface area contributed by atoms with Gasteiger partial charge in [0.1, 0.15) is 18.2 Å². The summed E-state index contributed by atoms with van der Waals surface area (Å²) in [6.07, 6.45) is 1.40. The van der Waals surface area contributed by atoms with Crippen LogP contribution >= 0.6 is 11.3 Å². The number of nitrogens with one attached hydrogen (secondary N) is 1. The first-order valence-electron chi connectivity index (χ1n) is 8.93. The van der Waals surface area contributed by atoms with Crippen LogP contribution in [0.3, 0.4) is 0 Å². The van der Waals surface area contributed by atoms with Crippen molar-refractivity contribution in [2.24, 2.45) is 0 Å². The molecule has 1 aromatic heterocycles. The Balaban J connectivity index is 1.75. The van der Waals surface area contributed by atoms with Crippen molar-refractivity contribution in [2.45, 2.75) is 32.8 Å². The summed E-state index contributed by atoms with van der Waals surface area (Å²) in [4.78, 5) is 31.7. The lowest BCUT2D eigenvalue weighted by molar-refractivity contribution is -0.117. The molecule has 28 heavy (non-hydrogen) atoms. The number of amides is 2. The summed E-state index contributed by atoms with van der Waals surface area (Å²) in [5.74, 6) is -2.86. The molecule has 1 fully saturated rings. The molecule has 0 spiro atoms. The number of carbonyl (C=O) groups excluding carboxylic acids is 2. The van der Waals surface area contributed by atoms with Crippen LogP contribution in [0.2, 0.25) is 0 Å². The van der Waals surface area contributed by atoms with Crippen LogP contribution in [0.5, 0.6) is 0 Å². The predicted octanol–water partition coefficient (Wildman–Crippen LogP) is 3.30. The Kier molecular flexibility index (Phi) is 6.35. The number of hydrogen-bond acceptors (Lipinski definition) is 5. The highest BCUT2D eigenvalue weighted by Crippen LogP contribution is 2.21. The molecule has 1 saturated heterocycles. The van der Waals surface area contributed by atoms with Crippen molar-refractivity contribution in [3.63, 3.8) is 0 Å². The van der Waals surface area contributed by atoms with Crippen molar-refractivity contribution < 1.29 is 23.1 Å². The summed E-state index contributed by atoms with van der Waals surface area (Å²) in [6, 6.07) is 2.75. The summed E-state index contributed by atoms with van der Waals surface area (Å²) in [6.45, 7) is 4.19. The highest BCUT2D eigenvalue weighted by Gasteiger charge is 2.27. The Labute approximate surface area is 165 Å². The molecule has 0 saturated carbocycles. The Hall–Kier alpha value is -2.39. The monoisotopic (exact) mass is 409 g/mol. The predicted molar refractivity (Wildman–Crippen MR) is 101 cm³/mol. The van der Waals surface area contributed by atoms with Gasteiger partial charge in [-0.25, -0.2) is 13.8 Å². The fourth-order valence-electron chi connectivity index (χ4n) is 2.95. The van der Waals surface area contributed by atoms with Crippen LogP contribution in [0.1, 0.15) is 33.8 Å². The van der Waals surface area contributed by atoms with Gasteiger partial charge in [0.15, 0.2) is 5.13 Å². The number of thiazole rings is 1. The number of ether oxygens (including phenoxy) is 1. The molecule has 0 aliphatic carbocycles. The van der Waals surface area contributed by atoms with E-state index in [4.69, 9.17) is 4.74 Å². The zero-order chi connectivity index (χ0) is 20.3. The molecule has 6 nitrogen and oxygen atoms in total. The molecule has 2 heterocycles. The maximum Gasteiger partial charge on any atom is 0.257 e. The third-order valence-electron chi connectivity index (χ3n) is 4.51. The highest BCUT2D eigenvalue weighted by molar-refractivity contribution is 7.15. The molecule has 0 bridgehead atoms. The van der Waals surface area contributed by atoms with Gasteiger partial charge < -0.3 is 15.0 Å². The molecule has 1 aromatic carbocycles. The molecular formula is C19H21F2N3O3S. The molecule has 150 valence electrons. The van der Waals surface area contributed by atoms with Gasteiger partial charge in [0.05, 0.1) is 17.4 Å². The molecule has 9 heteroatoms. The second-order valence-corrected chi connectivity index (χ2v) is 7.86. The first-order valence-corrected chi connectivity index (χ1v) is 9.75. The van der Waals surface area contributed by atoms with Gasteiger partial charge in [0.2, 0.25) is 5.91 Å². The van der Waals surface area contributed by atoms with Gasteiger partial charge in [-0.3, -0.25) is 9.59 Å². The number of aryl methyl sites for hydroxylation is 2. The average molecular weight is 409 g/mol. The number of rotatable bonds is 6. The maximum absolute atomic E-state index is 14.1. The van der Waals surface area contributed by atoms with Crippen LogP contribution in [0.4, 0.5) is 13.9 Å². The van der Waals surface area contributed by atoms with Crippen molar-refractivity contribution in [3.8, 4) is 0 Å². The second kappa shape index (κ2) is 8.74. The van der Waals surface area contributed by atoms with Crippen molar-refractivity contribution in [1.29, 1.82) is 0 Å². The van der Waals surface area contributed by atoms with Crippen LogP contribution in [0, 0.1) is 25.5 Å². The zero-order valence-electron chi connectivity index (χ0n) is 15.6. The molecule has 0 radical (unpaired) electrons. The summed E-state index contributed by atoms with van der Waals surface area (Å²) >= 11 is 1.34. The molecule has 3 rings (SSSR count). The number of halogens is 2. The summed E-state index contributed by atoms with van der Waals surface area (Å²) in [5, 5.41) is 3.11. The smallest absolute Gasteiger partial charge is 0.257 e. The minimum Gasteiger partial charge on any atom is -0.376 e. The van der Waals surface area contributed by atoms with E-state index in [0.29, 0.717) is 17.8 Å². The largest absolute Gasteiger partial charge is 0.376 e. The minimum absolute atomic E-state index is 0.152. The van der Waals surface area contributed by atoms with E-state index in [1.54, 1.807) is 0 Å². The van der Waals surface area contributed by atoms with E-state index in [1.165, 1.54) is 16.2 Å². The van der Waals surface area contributed by atoms with Gasteiger partial charge in [0.25, 0.3) is 5.91 Å². The van der Waals surface area contributed by atoms with Gasteiger partial charge in [-0.05, 0) is 38.8 Å². The first kappa shape index (κ1) is 20.3. The van der Waals surface area contributed by atoms with Crippen molar-refractivity contribution in [1.82, 2.24) is 9.88 Å². The van der Waals surface area contributed by atoms with E-state index in [2.05, 4.69) is 10.3 Å². The summed E-state index contributed by atoms with van der Waals surface area (Å²) in [5.41, 5.74) is 0.536. The lowest BCUT2D eigenvalue weighted by Crippen LogP contribution is -2.42. The second-order valence-electron chi connectivity index (χ2n) is 6.65. The lowest BCUT2D eigenvalue weighted by Gasteiger charge is -2.25. The number of anilines is 1. The normalized spacial score (nSPS) is 16.2. The van der Waals surface area contributed by atoms with Crippen LogP contribution in [0.15, 0.2) is 18.2 Å². The summed E-state index contributed by atoms with van der Waals surface area (Å²) in [7, 11) is 0. The number of nitrogens with zero attached hydrogens (tertiary/aromatic N) is 2. The third-order valence-corrected chi connectivity index (χ3v) is 5.49. The van der Waals surface area contributed by atoms with Crippen LogP contribution in [-0.4, -0.2) is 47.5 Å². The van der Waals surface area contributed by atoms with Crippen molar-refractivity contribution in [2.75, 3.05) is 25.0 Å².